The van der Waals surface area contributed by atoms with Crippen molar-refractivity contribution in [3.05, 3.63) is 28.0 Å². The summed E-state index contributed by atoms with van der Waals surface area (Å²) in [6.07, 6.45) is 7.45. The maximum absolute atomic E-state index is 4.48. The normalized spacial score (nSPS) is 11.5. The van der Waals surface area contributed by atoms with E-state index in [4.69, 9.17) is 0 Å². The highest BCUT2D eigenvalue weighted by Crippen LogP contribution is 2.22. The van der Waals surface area contributed by atoms with Crippen molar-refractivity contribution in [2.24, 2.45) is 7.05 Å². The number of halogens is 1. The van der Waals surface area contributed by atoms with Crippen LogP contribution in [0.15, 0.2) is 16.6 Å². The Labute approximate surface area is 112 Å². The van der Waals surface area contributed by atoms with Gasteiger partial charge in [-0.25, -0.2) is 0 Å². The number of hydrogen-bond donors (Lipinski definition) is 1. The summed E-state index contributed by atoms with van der Waals surface area (Å²) in [7, 11) is 2.01. The predicted octanol–water partition coefficient (Wildman–Crippen LogP) is 2.84. The van der Waals surface area contributed by atoms with Gasteiger partial charge in [-0.2, -0.15) is 5.10 Å². The molecule has 0 amide bonds. The molecule has 1 rings (SSSR count). The summed E-state index contributed by atoms with van der Waals surface area (Å²) in [6.45, 7) is 6.35. The molecule has 4 heteroatoms. The topological polar surface area (TPSA) is 29.9 Å². The van der Waals surface area contributed by atoms with E-state index in [2.05, 4.69) is 52.3 Å². The van der Waals surface area contributed by atoms with Crippen molar-refractivity contribution in [3.8, 4) is 0 Å². The molecular weight excluding hydrogens is 278 g/mol. The van der Waals surface area contributed by atoms with E-state index in [0.29, 0.717) is 0 Å². The molecule has 0 bridgehead atoms. The first kappa shape index (κ1) is 14.5. The number of rotatable bonds is 7. The van der Waals surface area contributed by atoms with Crippen LogP contribution in [0.25, 0.3) is 0 Å². The maximum Gasteiger partial charge on any atom is 0.0766 e. The van der Waals surface area contributed by atoms with E-state index in [-0.39, 0.29) is 0 Å². The highest BCUT2D eigenvalue weighted by atomic mass is 79.9. The molecule has 1 aromatic heterocycles. The summed E-state index contributed by atoms with van der Waals surface area (Å²) in [4.78, 5) is 0. The van der Waals surface area contributed by atoms with Gasteiger partial charge in [0.2, 0.25) is 0 Å². The zero-order valence-electron chi connectivity index (χ0n) is 11.0. The van der Waals surface area contributed by atoms with Crippen molar-refractivity contribution in [2.45, 2.75) is 33.1 Å². The summed E-state index contributed by atoms with van der Waals surface area (Å²) in [5.41, 5.74) is 2.39. The van der Waals surface area contributed by atoms with Crippen molar-refractivity contribution in [2.75, 3.05) is 13.1 Å². The van der Waals surface area contributed by atoms with E-state index in [1.165, 1.54) is 10.2 Å². The zero-order valence-corrected chi connectivity index (χ0v) is 12.5. The first-order chi connectivity index (χ1) is 8.20. The standard InChI is InChI=1S/C13H22BrN3/c1-4-11-13(14)12(17(3)16-11)9-7-6-8-10-15-5-2/h6-7,15H,4-5,8-10H2,1-3H3. The molecule has 0 aromatic carbocycles. The monoisotopic (exact) mass is 299 g/mol. The fourth-order valence-electron chi connectivity index (χ4n) is 1.72. The van der Waals surface area contributed by atoms with E-state index in [1.807, 2.05) is 11.7 Å². The minimum atomic E-state index is 0.941. The average molecular weight is 300 g/mol. The van der Waals surface area contributed by atoms with Gasteiger partial charge in [0, 0.05) is 13.5 Å². The number of nitrogens with zero attached hydrogens (tertiary/aromatic N) is 2. The molecular formula is C13H22BrN3. The van der Waals surface area contributed by atoms with Crippen molar-refractivity contribution in [1.82, 2.24) is 15.1 Å². The van der Waals surface area contributed by atoms with Crippen molar-refractivity contribution < 1.29 is 0 Å². The van der Waals surface area contributed by atoms with Crippen molar-refractivity contribution in [3.63, 3.8) is 0 Å². The molecule has 96 valence electrons. The fourth-order valence-corrected chi connectivity index (χ4v) is 2.49. The molecule has 0 aliphatic rings. The third-order valence-electron chi connectivity index (χ3n) is 2.72. The van der Waals surface area contributed by atoms with Crippen molar-refractivity contribution >= 4 is 15.9 Å². The lowest BCUT2D eigenvalue weighted by Crippen LogP contribution is -2.12. The van der Waals surface area contributed by atoms with E-state index < -0.39 is 0 Å². The minimum absolute atomic E-state index is 0.941. The minimum Gasteiger partial charge on any atom is -0.317 e. The molecule has 1 aromatic rings. The Bertz CT molecular complexity index is 369. The van der Waals surface area contributed by atoms with Crippen LogP contribution in [0.5, 0.6) is 0 Å². The highest BCUT2D eigenvalue weighted by molar-refractivity contribution is 9.10. The summed E-state index contributed by atoms with van der Waals surface area (Å²) >= 11 is 3.63. The second kappa shape index (κ2) is 7.67. The summed E-state index contributed by atoms with van der Waals surface area (Å²) in [5.74, 6) is 0. The van der Waals surface area contributed by atoms with Crippen LogP contribution in [0.2, 0.25) is 0 Å². The smallest absolute Gasteiger partial charge is 0.0766 e. The molecule has 0 atom stereocenters. The SMILES string of the molecule is CCNCCC=CCc1c(Br)c(CC)nn1C. The quantitative estimate of drug-likeness (QED) is 0.620. The van der Waals surface area contributed by atoms with Crippen LogP contribution in [-0.4, -0.2) is 22.9 Å². The van der Waals surface area contributed by atoms with Gasteiger partial charge in [0.1, 0.15) is 0 Å². The third kappa shape index (κ3) is 4.28. The Balaban J connectivity index is 2.48. The first-order valence-electron chi connectivity index (χ1n) is 6.26. The van der Waals surface area contributed by atoms with Gasteiger partial charge in [0.05, 0.1) is 15.9 Å². The number of nitrogens with one attached hydrogen (secondary N) is 1. The Hall–Kier alpha value is -0.610. The molecule has 3 nitrogen and oxygen atoms in total. The van der Waals surface area contributed by atoms with Gasteiger partial charge >= 0.3 is 0 Å². The lowest BCUT2D eigenvalue weighted by atomic mass is 10.2. The molecule has 0 saturated carbocycles. The van der Waals surface area contributed by atoms with Gasteiger partial charge < -0.3 is 5.32 Å². The van der Waals surface area contributed by atoms with Crippen LogP contribution in [0.4, 0.5) is 0 Å². The second-order valence-electron chi connectivity index (χ2n) is 4.00. The fraction of sp³-hybridized carbons (Fsp3) is 0.615. The predicted molar refractivity (Wildman–Crippen MR) is 76.3 cm³/mol. The number of aryl methyl sites for hydroxylation is 2. The van der Waals surface area contributed by atoms with Gasteiger partial charge in [-0.1, -0.05) is 26.0 Å². The Morgan fingerprint density at radius 2 is 2.12 bits per heavy atom. The Morgan fingerprint density at radius 1 is 1.35 bits per heavy atom. The van der Waals surface area contributed by atoms with Crippen LogP contribution in [0, 0.1) is 0 Å². The van der Waals surface area contributed by atoms with Crippen LogP contribution in [-0.2, 0) is 19.9 Å². The van der Waals surface area contributed by atoms with Gasteiger partial charge in [-0.3, -0.25) is 4.68 Å². The lowest BCUT2D eigenvalue weighted by molar-refractivity contribution is 0.710. The molecule has 0 aliphatic heterocycles. The molecule has 1 N–H and O–H groups in total. The second-order valence-corrected chi connectivity index (χ2v) is 4.80. The van der Waals surface area contributed by atoms with Gasteiger partial charge in [-0.05, 0) is 41.9 Å². The average Bonchev–Trinajstić information content (AvgIpc) is 2.60. The summed E-state index contributed by atoms with van der Waals surface area (Å²) < 4.78 is 3.14. The summed E-state index contributed by atoms with van der Waals surface area (Å²) in [6, 6.07) is 0. The van der Waals surface area contributed by atoms with Gasteiger partial charge in [0.15, 0.2) is 0 Å². The zero-order chi connectivity index (χ0) is 12.7. The molecule has 0 radical (unpaired) electrons. The van der Waals surface area contributed by atoms with E-state index in [1.54, 1.807) is 0 Å². The molecule has 1 heterocycles. The molecule has 0 unspecified atom stereocenters. The highest BCUT2D eigenvalue weighted by Gasteiger charge is 2.10. The van der Waals surface area contributed by atoms with E-state index in [9.17, 15) is 0 Å². The van der Waals surface area contributed by atoms with E-state index in [0.717, 1.165) is 38.0 Å². The maximum atomic E-state index is 4.48. The van der Waals surface area contributed by atoms with Gasteiger partial charge in [-0.15, -0.1) is 0 Å². The Kier molecular flexibility index (Phi) is 6.52. The molecule has 0 spiro atoms. The van der Waals surface area contributed by atoms with Crippen LogP contribution in [0.1, 0.15) is 31.7 Å². The number of hydrogen-bond acceptors (Lipinski definition) is 2. The molecule has 0 aliphatic carbocycles. The van der Waals surface area contributed by atoms with Crippen LogP contribution in [0.3, 0.4) is 0 Å². The van der Waals surface area contributed by atoms with Gasteiger partial charge in [0.25, 0.3) is 0 Å². The molecule has 17 heavy (non-hydrogen) atoms. The molecule has 0 saturated heterocycles. The Morgan fingerprint density at radius 3 is 2.71 bits per heavy atom. The van der Waals surface area contributed by atoms with E-state index >= 15 is 0 Å². The third-order valence-corrected chi connectivity index (χ3v) is 3.63. The first-order valence-corrected chi connectivity index (χ1v) is 7.05. The number of allylic oxidation sites excluding steroid dienone is 1. The van der Waals surface area contributed by atoms with Crippen LogP contribution < -0.4 is 5.32 Å². The van der Waals surface area contributed by atoms with Crippen molar-refractivity contribution in [1.29, 1.82) is 0 Å². The lowest BCUT2D eigenvalue weighted by Gasteiger charge is -1.99. The molecule has 0 fully saturated rings. The largest absolute Gasteiger partial charge is 0.317 e. The van der Waals surface area contributed by atoms with Crippen LogP contribution >= 0.6 is 15.9 Å². The summed E-state index contributed by atoms with van der Waals surface area (Å²) in [5, 5.41) is 7.79. The number of aromatic nitrogens is 2.